The van der Waals surface area contributed by atoms with Gasteiger partial charge in [0.2, 0.25) is 5.91 Å². The number of likely N-dealkylation sites (tertiary alicyclic amines) is 1. The lowest BCUT2D eigenvalue weighted by Gasteiger charge is -2.34. The van der Waals surface area contributed by atoms with Crippen molar-refractivity contribution < 1.29 is 4.79 Å². The van der Waals surface area contributed by atoms with E-state index in [2.05, 4.69) is 47.4 Å². The molecule has 0 N–H and O–H groups in total. The predicted octanol–water partition coefficient (Wildman–Crippen LogP) is 3.92. The number of carbonyl (C=O) groups excluding carboxylic acids is 1. The average molecular weight is 336 g/mol. The van der Waals surface area contributed by atoms with Gasteiger partial charge in [-0.15, -0.1) is 0 Å². The number of rotatable bonds is 5. The third-order valence-electron chi connectivity index (χ3n) is 5.76. The lowest BCUT2D eigenvalue weighted by molar-refractivity contribution is -0.132. The third-order valence-corrected chi connectivity index (χ3v) is 5.76. The summed E-state index contributed by atoms with van der Waals surface area (Å²) in [6.45, 7) is 4.26. The Morgan fingerprint density at radius 2 is 1.76 bits per heavy atom. The molecule has 25 heavy (non-hydrogen) atoms. The summed E-state index contributed by atoms with van der Waals surface area (Å²) in [4.78, 5) is 16.7. The van der Waals surface area contributed by atoms with Gasteiger partial charge in [0.1, 0.15) is 0 Å². The van der Waals surface area contributed by atoms with E-state index in [9.17, 15) is 4.79 Å². The smallest absolute Gasteiger partial charge is 0.225 e. The Bertz CT molecular complexity index is 745. The zero-order chi connectivity index (χ0) is 17.2. The van der Waals surface area contributed by atoms with Crippen molar-refractivity contribution >= 4 is 16.7 Å². The molecule has 1 aliphatic carbocycles. The maximum Gasteiger partial charge on any atom is 0.225 e. The maximum absolute atomic E-state index is 12.1. The first-order valence-corrected chi connectivity index (χ1v) is 9.64. The van der Waals surface area contributed by atoms with E-state index < -0.39 is 0 Å². The summed E-state index contributed by atoms with van der Waals surface area (Å²) in [5.74, 6) is 1.39. The van der Waals surface area contributed by atoms with Crippen LogP contribution in [0, 0.1) is 11.8 Å². The van der Waals surface area contributed by atoms with Gasteiger partial charge in [0.15, 0.2) is 0 Å². The Balaban J connectivity index is 1.28. The number of amides is 1. The Labute approximate surface area is 150 Å². The van der Waals surface area contributed by atoms with Crippen LogP contribution in [0.4, 0.5) is 0 Å². The highest BCUT2D eigenvalue weighted by Crippen LogP contribution is 2.31. The molecular weight excluding hydrogens is 308 g/mol. The Morgan fingerprint density at radius 3 is 2.48 bits per heavy atom. The van der Waals surface area contributed by atoms with Crippen molar-refractivity contribution in [2.75, 3.05) is 26.7 Å². The van der Waals surface area contributed by atoms with E-state index in [0.29, 0.717) is 17.7 Å². The molecule has 0 bridgehead atoms. The Hall–Kier alpha value is -1.87. The van der Waals surface area contributed by atoms with Crippen LogP contribution in [0.5, 0.6) is 0 Å². The van der Waals surface area contributed by atoms with Crippen molar-refractivity contribution in [3.63, 3.8) is 0 Å². The fraction of sp³-hybridized carbons (Fsp3) is 0.500. The number of carbonyl (C=O) groups is 1. The molecule has 0 unspecified atom stereocenters. The highest BCUT2D eigenvalue weighted by atomic mass is 16.2. The van der Waals surface area contributed by atoms with Gasteiger partial charge in [-0.1, -0.05) is 36.4 Å². The highest BCUT2D eigenvalue weighted by molar-refractivity contribution is 5.83. The molecule has 0 atom stereocenters. The first-order chi connectivity index (χ1) is 12.2. The van der Waals surface area contributed by atoms with Gasteiger partial charge in [-0.05, 0) is 67.1 Å². The summed E-state index contributed by atoms with van der Waals surface area (Å²) in [7, 11) is 1.99. The number of benzene rings is 2. The second-order valence-corrected chi connectivity index (χ2v) is 7.89. The topological polar surface area (TPSA) is 23.6 Å². The molecule has 3 heteroatoms. The molecule has 3 nitrogen and oxygen atoms in total. The highest BCUT2D eigenvalue weighted by Gasteiger charge is 2.33. The van der Waals surface area contributed by atoms with Gasteiger partial charge >= 0.3 is 0 Å². The maximum atomic E-state index is 12.1. The van der Waals surface area contributed by atoms with Gasteiger partial charge in [0.05, 0.1) is 0 Å². The zero-order valence-corrected chi connectivity index (χ0v) is 15.2. The molecular formula is C22H28N2O. The minimum absolute atomic E-state index is 0.345. The standard InChI is InChI=1S/C22H28N2O/c1-23(22(25)20-8-9-20)15-17-10-12-24(13-11-17)16-18-6-7-19-4-2-3-5-21(19)14-18/h2-7,14,17,20H,8-13,15-16H2,1H3. The zero-order valence-electron chi connectivity index (χ0n) is 15.2. The molecule has 1 heterocycles. The van der Waals surface area contributed by atoms with Crippen LogP contribution in [0.3, 0.4) is 0 Å². The van der Waals surface area contributed by atoms with Crippen LogP contribution in [0.1, 0.15) is 31.2 Å². The summed E-state index contributed by atoms with van der Waals surface area (Å²) in [6, 6.07) is 15.4. The van der Waals surface area contributed by atoms with Crippen molar-refractivity contribution in [3.8, 4) is 0 Å². The van der Waals surface area contributed by atoms with Gasteiger partial charge in [0.25, 0.3) is 0 Å². The van der Waals surface area contributed by atoms with Gasteiger partial charge in [-0.25, -0.2) is 0 Å². The molecule has 0 radical (unpaired) electrons. The molecule has 1 saturated heterocycles. The summed E-state index contributed by atoms with van der Waals surface area (Å²) in [5.41, 5.74) is 1.40. The molecule has 1 amide bonds. The number of nitrogens with zero attached hydrogens (tertiary/aromatic N) is 2. The average Bonchev–Trinajstić information content (AvgIpc) is 3.48. The third kappa shape index (κ3) is 4.04. The van der Waals surface area contributed by atoms with Crippen LogP contribution in [0.25, 0.3) is 10.8 Å². The fourth-order valence-electron chi connectivity index (χ4n) is 4.04. The van der Waals surface area contributed by atoms with E-state index in [1.807, 2.05) is 11.9 Å². The number of hydrogen-bond donors (Lipinski definition) is 0. The lowest BCUT2D eigenvalue weighted by atomic mass is 9.95. The van der Waals surface area contributed by atoms with Crippen molar-refractivity contribution in [1.29, 1.82) is 0 Å². The van der Waals surface area contributed by atoms with Gasteiger partial charge in [-0.2, -0.15) is 0 Å². The largest absolute Gasteiger partial charge is 0.345 e. The normalized spacial score (nSPS) is 19.2. The van der Waals surface area contributed by atoms with E-state index in [-0.39, 0.29) is 0 Å². The van der Waals surface area contributed by atoms with Crippen molar-refractivity contribution in [2.24, 2.45) is 11.8 Å². The van der Waals surface area contributed by atoms with Crippen molar-refractivity contribution in [2.45, 2.75) is 32.2 Å². The Morgan fingerprint density at radius 1 is 1.04 bits per heavy atom. The van der Waals surface area contributed by atoms with Crippen molar-refractivity contribution in [1.82, 2.24) is 9.80 Å². The molecule has 0 spiro atoms. The van der Waals surface area contributed by atoms with E-state index in [1.54, 1.807) is 0 Å². The first kappa shape index (κ1) is 16.6. The molecule has 132 valence electrons. The minimum Gasteiger partial charge on any atom is -0.345 e. The predicted molar refractivity (Wildman–Crippen MR) is 102 cm³/mol. The number of fused-ring (bicyclic) bond motifs is 1. The fourth-order valence-corrected chi connectivity index (χ4v) is 4.04. The van der Waals surface area contributed by atoms with Crippen LogP contribution in [-0.2, 0) is 11.3 Å². The van der Waals surface area contributed by atoms with Crippen LogP contribution in [-0.4, -0.2) is 42.4 Å². The van der Waals surface area contributed by atoms with E-state index in [0.717, 1.165) is 39.0 Å². The molecule has 2 fully saturated rings. The summed E-state index contributed by atoms with van der Waals surface area (Å²) >= 11 is 0. The van der Waals surface area contributed by atoms with E-state index in [4.69, 9.17) is 0 Å². The lowest BCUT2D eigenvalue weighted by Crippen LogP contribution is -2.39. The second kappa shape index (κ2) is 7.17. The van der Waals surface area contributed by atoms with Crippen LogP contribution >= 0.6 is 0 Å². The Kier molecular flexibility index (Phi) is 4.76. The molecule has 2 aromatic rings. The number of hydrogen-bond acceptors (Lipinski definition) is 2. The molecule has 4 rings (SSSR count). The molecule has 2 aromatic carbocycles. The van der Waals surface area contributed by atoms with Crippen molar-refractivity contribution in [3.05, 3.63) is 48.0 Å². The van der Waals surface area contributed by atoms with Gasteiger partial charge in [-0.3, -0.25) is 9.69 Å². The van der Waals surface area contributed by atoms with Crippen LogP contribution in [0.2, 0.25) is 0 Å². The summed E-state index contributed by atoms with van der Waals surface area (Å²) in [5, 5.41) is 2.64. The molecule has 2 aliphatic rings. The molecule has 0 aromatic heterocycles. The quantitative estimate of drug-likeness (QED) is 0.826. The van der Waals surface area contributed by atoms with Crippen LogP contribution in [0.15, 0.2) is 42.5 Å². The monoisotopic (exact) mass is 336 g/mol. The van der Waals surface area contributed by atoms with Crippen LogP contribution < -0.4 is 0 Å². The first-order valence-electron chi connectivity index (χ1n) is 9.64. The van der Waals surface area contributed by atoms with Gasteiger partial charge < -0.3 is 4.90 Å². The van der Waals surface area contributed by atoms with E-state index in [1.165, 1.54) is 29.2 Å². The molecule has 1 saturated carbocycles. The summed E-state index contributed by atoms with van der Waals surface area (Å²) < 4.78 is 0. The SMILES string of the molecule is CN(CC1CCN(Cc2ccc3ccccc3c2)CC1)C(=O)C1CC1. The summed E-state index contributed by atoms with van der Waals surface area (Å²) in [6.07, 6.45) is 4.62. The van der Waals surface area contributed by atoms with E-state index >= 15 is 0 Å². The second-order valence-electron chi connectivity index (χ2n) is 7.89. The minimum atomic E-state index is 0.345. The number of piperidine rings is 1. The van der Waals surface area contributed by atoms with Gasteiger partial charge in [0, 0.05) is 26.1 Å². The molecule has 1 aliphatic heterocycles.